The molecule has 9 nitrogen and oxygen atoms in total. The highest BCUT2D eigenvalue weighted by Crippen LogP contribution is 2.54. The Morgan fingerprint density at radius 1 is 1.30 bits per heavy atom. The van der Waals surface area contributed by atoms with E-state index in [0.717, 1.165) is 12.8 Å². The Bertz CT molecular complexity index is 978. The predicted octanol–water partition coefficient (Wildman–Crippen LogP) is 0.115. The van der Waals surface area contributed by atoms with Gasteiger partial charge in [-0.05, 0) is 18.9 Å². The lowest BCUT2D eigenvalue weighted by atomic mass is 9.76. The molecule has 0 aromatic heterocycles. The maximum absolute atomic E-state index is 13.5. The normalized spacial score (nSPS) is 34.6. The molecular formula is C20H21ClN4O5. The number of rotatable bonds is 4. The third-order valence-corrected chi connectivity index (χ3v) is 6.94. The molecule has 4 heterocycles. The number of carbonyl (C=O) groups excluding carboxylic acids is 4. The van der Waals surface area contributed by atoms with Gasteiger partial charge in [0.1, 0.15) is 5.54 Å². The first-order chi connectivity index (χ1) is 14.3. The first kappa shape index (κ1) is 19.5. The average molecular weight is 433 g/mol. The molecular weight excluding hydrogens is 412 g/mol. The molecule has 1 aromatic rings. The highest BCUT2D eigenvalue weighted by molar-refractivity contribution is 6.35. The summed E-state index contributed by atoms with van der Waals surface area (Å²) < 4.78 is 5.60. The fraction of sp³-hybridized carbons (Fsp3) is 0.500. The number of imide groups is 1. The molecule has 4 aliphatic heterocycles. The van der Waals surface area contributed by atoms with Crippen molar-refractivity contribution in [3.8, 4) is 0 Å². The summed E-state index contributed by atoms with van der Waals surface area (Å²) in [6.45, 7) is 0.742. The van der Waals surface area contributed by atoms with Crippen molar-refractivity contribution in [1.82, 2.24) is 10.2 Å². The molecule has 0 saturated carbocycles. The number of fused-ring (bicyclic) bond motifs is 4. The Balaban J connectivity index is 1.60. The van der Waals surface area contributed by atoms with Crippen LogP contribution in [0.5, 0.6) is 0 Å². The second-order valence-corrected chi connectivity index (χ2v) is 8.68. The van der Waals surface area contributed by atoms with Crippen molar-refractivity contribution in [3.63, 3.8) is 0 Å². The van der Waals surface area contributed by atoms with Crippen LogP contribution in [0.1, 0.15) is 24.8 Å². The number of likely N-dealkylation sites (tertiary alicyclic amines) is 1. The highest BCUT2D eigenvalue weighted by Gasteiger charge is 2.70. The predicted molar refractivity (Wildman–Crippen MR) is 105 cm³/mol. The number of nitrogens with one attached hydrogen (secondary N) is 2. The number of nitrogens with two attached hydrogens (primary N) is 1. The molecule has 3 saturated heterocycles. The summed E-state index contributed by atoms with van der Waals surface area (Å²) in [5.41, 5.74) is 4.84. The van der Waals surface area contributed by atoms with E-state index in [1.807, 2.05) is 0 Å². The second-order valence-electron chi connectivity index (χ2n) is 8.27. The van der Waals surface area contributed by atoms with Crippen LogP contribution in [0.25, 0.3) is 0 Å². The number of hydrogen-bond donors (Lipinski definition) is 3. The van der Waals surface area contributed by atoms with Gasteiger partial charge >= 0.3 is 0 Å². The molecule has 5 atom stereocenters. The van der Waals surface area contributed by atoms with Gasteiger partial charge < -0.3 is 15.8 Å². The van der Waals surface area contributed by atoms with E-state index < -0.39 is 47.0 Å². The SMILES string of the molecule is NC(=O)C[C@@H]1N[C@]2(C(=O)Nc3c(Cl)cccc32)[C@@H]2C(=O)N(C[C@@H]3CCCO3)C(=O)[C@H]12. The minimum Gasteiger partial charge on any atom is -0.376 e. The highest BCUT2D eigenvalue weighted by atomic mass is 35.5. The fourth-order valence-electron chi connectivity index (χ4n) is 5.42. The topological polar surface area (TPSA) is 131 Å². The minimum atomic E-state index is -1.48. The average Bonchev–Trinajstić information content (AvgIpc) is 3.42. The molecule has 0 aliphatic carbocycles. The van der Waals surface area contributed by atoms with Crippen molar-refractivity contribution < 1.29 is 23.9 Å². The molecule has 30 heavy (non-hydrogen) atoms. The van der Waals surface area contributed by atoms with Crippen LogP contribution < -0.4 is 16.4 Å². The third kappa shape index (κ3) is 2.55. The Morgan fingerprint density at radius 3 is 2.80 bits per heavy atom. The van der Waals surface area contributed by atoms with Crippen LogP contribution in [0, 0.1) is 11.8 Å². The molecule has 0 radical (unpaired) electrons. The van der Waals surface area contributed by atoms with Crippen LogP contribution in [0.15, 0.2) is 18.2 Å². The van der Waals surface area contributed by atoms with Crippen LogP contribution in [-0.4, -0.2) is 53.8 Å². The van der Waals surface area contributed by atoms with Gasteiger partial charge in [0.25, 0.3) is 0 Å². The number of halogens is 1. The Kier molecular flexibility index (Phi) is 4.39. The molecule has 4 N–H and O–H groups in total. The van der Waals surface area contributed by atoms with E-state index in [1.165, 1.54) is 4.90 Å². The molecule has 3 fully saturated rings. The van der Waals surface area contributed by atoms with Crippen molar-refractivity contribution >= 4 is 40.9 Å². The maximum atomic E-state index is 13.5. The zero-order valence-corrected chi connectivity index (χ0v) is 16.8. The van der Waals surface area contributed by atoms with Crippen LogP contribution in [0.3, 0.4) is 0 Å². The van der Waals surface area contributed by atoms with Crippen molar-refractivity contribution in [2.45, 2.75) is 36.9 Å². The smallest absolute Gasteiger partial charge is 0.250 e. The Labute approximate surface area is 177 Å². The fourth-order valence-corrected chi connectivity index (χ4v) is 5.64. The maximum Gasteiger partial charge on any atom is 0.250 e. The minimum absolute atomic E-state index is 0.147. The second kappa shape index (κ2) is 6.76. The monoisotopic (exact) mass is 432 g/mol. The summed E-state index contributed by atoms with van der Waals surface area (Å²) in [5.74, 6) is -3.79. The summed E-state index contributed by atoms with van der Waals surface area (Å²) in [5, 5.41) is 6.22. The van der Waals surface area contributed by atoms with E-state index in [0.29, 0.717) is 22.9 Å². The number of nitrogens with zero attached hydrogens (tertiary/aromatic N) is 1. The summed E-state index contributed by atoms with van der Waals surface area (Å²) in [6, 6.07) is 4.29. The van der Waals surface area contributed by atoms with Gasteiger partial charge in [0.15, 0.2) is 0 Å². The molecule has 5 rings (SSSR count). The number of primary amides is 1. The third-order valence-electron chi connectivity index (χ3n) is 6.62. The number of hydrogen-bond acceptors (Lipinski definition) is 6. The van der Waals surface area contributed by atoms with Gasteiger partial charge in [0.05, 0.1) is 35.2 Å². The molecule has 1 spiro atoms. The molecule has 4 amide bonds. The van der Waals surface area contributed by atoms with Crippen molar-refractivity contribution in [2.24, 2.45) is 17.6 Å². The van der Waals surface area contributed by atoms with Gasteiger partial charge in [0.2, 0.25) is 23.6 Å². The molecule has 0 bridgehead atoms. The Morgan fingerprint density at radius 2 is 2.10 bits per heavy atom. The van der Waals surface area contributed by atoms with Crippen LogP contribution in [0.2, 0.25) is 5.02 Å². The van der Waals surface area contributed by atoms with Crippen molar-refractivity contribution in [3.05, 3.63) is 28.8 Å². The van der Waals surface area contributed by atoms with Gasteiger partial charge in [-0.15, -0.1) is 0 Å². The van der Waals surface area contributed by atoms with Crippen LogP contribution in [0.4, 0.5) is 5.69 Å². The summed E-state index contributed by atoms with van der Waals surface area (Å²) >= 11 is 6.27. The molecule has 158 valence electrons. The number of ether oxygens (including phenoxy) is 1. The summed E-state index contributed by atoms with van der Waals surface area (Å²) in [6.07, 6.45) is 1.25. The van der Waals surface area contributed by atoms with Crippen LogP contribution >= 0.6 is 11.6 Å². The lowest BCUT2D eigenvalue weighted by Gasteiger charge is -2.30. The van der Waals surface area contributed by atoms with Gasteiger partial charge in [-0.3, -0.25) is 29.4 Å². The van der Waals surface area contributed by atoms with E-state index in [-0.39, 0.29) is 19.1 Å². The van der Waals surface area contributed by atoms with Gasteiger partial charge in [-0.1, -0.05) is 23.7 Å². The van der Waals surface area contributed by atoms with Crippen molar-refractivity contribution in [1.29, 1.82) is 0 Å². The standard InChI is InChI=1S/C20H21ClN4O5/c21-11-5-1-4-10-16(11)23-19(29)20(10)15-14(12(24-20)7-13(22)26)17(27)25(18(15)28)8-9-3-2-6-30-9/h1,4-5,9,12,14-15,24H,2-3,6-8H2,(H2,22,26)(H,23,29)/t9-,12-,14+,15-,20-/m0/s1. The lowest BCUT2D eigenvalue weighted by Crippen LogP contribution is -2.54. The zero-order valence-electron chi connectivity index (χ0n) is 16.0. The number of anilines is 1. The van der Waals surface area contributed by atoms with E-state index in [2.05, 4.69) is 10.6 Å². The molecule has 10 heteroatoms. The van der Waals surface area contributed by atoms with Crippen LogP contribution in [-0.2, 0) is 29.5 Å². The lowest BCUT2D eigenvalue weighted by molar-refractivity contribution is -0.144. The summed E-state index contributed by atoms with van der Waals surface area (Å²) in [4.78, 5) is 52.9. The van der Waals surface area contributed by atoms with Gasteiger partial charge in [-0.25, -0.2) is 0 Å². The quantitative estimate of drug-likeness (QED) is 0.579. The zero-order chi connectivity index (χ0) is 21.2. The molecule has 0 unspecified atom stereocenters. The Hall–Kier alpha value is -2.49. The van der Waals surface area contributed by atoms with Gasteiger partial charge in [0, 0.05) is 24.6 Å². The number of amides is 4. The van der Waals surface area contributed by atoms with Crippen molar-refractivity contribution in [2.75, 3.05) is 18.5 Å². The number of benzene rings is 1. The van der Waals surface area contributed by atoms with Gasteiger partial charge in [-0.2, -0.15) is 0 Å². The van der Waals surface area contributed by atoms with E-state index in [1.54, 1.807) is 18.2 Å². The first-order valence-corrected chi connectivity index (χ1v) is 10.4. The molecule has 4 aliphatic rings. The largest absolute Gasteiger partial charge is 0.376 e. The van der Waals surface area contributed by atoms with E-state index in [9.17, 15) is 19.2 Å². The number of para-hydroxylation sites is 1. The first-order valence-electron chi connectivity index (χ1n) is 9.98. The number of carbonyl (C=O) groups is 4. The van der Waals surface area contributed by atoms with E-state index >= 15 is 0 Å². The summed E-state index contributed by atoms with van der Waals surface area (Å²) in [7, 11) is 0. The van der Waals surface area contributed by atoms with E-state index in [4.69, 9.17) is 22.1 Å². The molecule has 1 aromatic carbocycles.